The molecule has 5 heteroatoms. The van der Waals surface area contributed by atoms with Gasteiger partial charge in [0.25, 0.3) is 0 Å². The van der Waals surface area contributed by atoms with Gasteiger partial charge in [-0.25, -0.2) is 4.98 Å². The van der Waals surface area contributed by atoms with Crippen LogP contribution in [-0.4, -0.2) is 4.98 Å². The summed E-state index contributed by atoms with van der Waals surface area (Å²) in [5.74, 6) is 0.203. The van der Waals surface area contributed by atoms with Gasteiger partial charge in [0.2, 0.25) is 0 Å². The van der Waals surface area contributed by atoms with E-state index >= 15 is 0 Å². The van der Waals surface area contributed by atoms with Crippen molar-refractivity contribution in [3.8, 4) is 0 Å². The van der Waals surface area contributed by atoms with Crippen molar-refractivity contribution in [1.29, 1.82) is 0 Å². The Morgan fingerprint density at radius 3 is 2.38 bits per heavy atom. The first-order valence-electron chi connectivity index (χ1n) is 5.22. The van der Waals surface area contributed by atoms with Gasteiger partial charge in [0.05, 0.1) is 0 Å². The lowest BCUT2D eigenvalue weighted by atomic mass is 10.0. The molecule has 0 atom stereocenters. The molecule has 0 spiro atoms. The minimum atomic E-state index is -4.38. The van der Waals surface area contributed by atoms with E-state index in [-0.39, 0.29) is 10.4 Å². The Kier molecular flexibility index (Phi) is 3.24. The van der Waals surface area contributed by atoms with Crippen LogP contribution in [0.25, 0.3) is 0 Å². The number of nitrogens with zero attached hydrogens (tertiary/aromatic N) is 1. The van der Waals surface area contributed by atoms with Crippen LogP contribution in [-0.2, 0) is 6.18 Å². The van der Waals surface area contributed by atoms with Crippen LogP contribution < -0.4 is 0 Å². The quantitative estimate of drug-likeness (QED) is 0.742. The first-order valence-corrected chi connectivity index (χ1v) is 6.01. The van der Waals surface area contributed by atoms with Crippen LogP contribution in [0.3, 0.4) is 0 Å². The molecular formula is C11H11BrF3N. The summed E-state index contributed by atoms with van der Waals surface area (Å²) in [6.07, 6.45) is -0.307. The highest BCUT2D eigenvalue weighted by atomic mass is 79.9. The fraction of sp³-hybridized carbons (Fsp3) is 0.545. The molecule has 0 aliphatic heterocycles. The first-order chi connectivity index (χ1) is 7.48. The van der Waals surface area contributed by atoms with Crippen molar-refractivity contribution in [3.05, 3.63) is 28.0 Å². The second-order valence-corrected chi connectivity index (χ2v) is 4.90. The average molecular weight is 294 g/mol. The van der Waals surface area contributed by atoms with Gasteiger partial charge in [-0.15, -0.1) is 0 Å². The third kappa shape index (κ3) is 2.39. The van der Waals surface area contributed by atoms with Crippen LogP contribution in [0.2, 0.25) is 0 Å². The van der Waals surface area contributed by atoms with Crippen molar-refractivity contribution in [2.45, 2.75) is 37.8 Å². The molecule has 1 saturated carbocycles. The Hall–Kier alpha value is -0.580. The lowest BCUT2D eigenvalue weighted by molar-refractivity contribution is -0.141. The van der Waals surface area contributed by atoms with E-state index in [1.165, 1.54) is 6.07 Å². The smallest absolute Gasteiger partial charge is 0.247 e. The Labute approximate surface area is 100 Å². The van der Waals surface area contributed by atoms with E-state index in [0.29, 0.717) is 5.69 Å². The summed E-state index contributed by atoms with van der Waals surface area (Å²) in [6.45, 7) is 0. The Balaban J connectivity index is 2.35. The number of alkyl halides is 3. The number of pyridine rings is 1. The fourth-order valence-corrected chi connectivity index (χ4v) is 2.55. The van der Waals surface area contributed by atoms with Crippen LogP contribution in [0.4, 0.5) is 13.2 Å². The van der Waals surface area contributed by atoms with Crippen molar-refractivity contribution in [3.63, 3.8) is 0 Å². The van der Waals surface area contributed by atoms with Crippen molar-refractivity contribution >= 4 is 15.9 Å². The van der Waals surface area contributed by atoms with E-state index in [9.17, 15) is 13.2 Å². The molecule has 0 saturated heterocycles. The van der Waals surface area contributed by atoms with E-state index in [2.05, 4.69) is 20.9 Å². The van der Waals surface area contributed by atoms with Crippen molar-refractivity contribution < 1.29 is 13.2 Å². The van der Waals surface area contributed by atoms with Gasteiger partial charge < -0.3 is 0 Å². The van der Waals surface area contributed by atoms with Crippen LogP contribution >= 0.6 is 15.9 Å². The van der Waals surface area contributed by atoms with E-state index in [0.717, 1.165) is 25.7 Å². The average Bonchev–Trinajstić information content (AvgIpc) is 2.69. The summed E-state index contributed by atoms with van der Waals surface area (Å²) in [6, 6.07) is 3.14. The summed E-state index contributed by atoms with van der Waals surface area (Å²) in [7, 11) is 0. The standard InChI is InChI=1S/C11H11BrF3N/c12-8-5-6-9(7-3-1-2-4-7)16-10(8)11(13,14)15/h5-7H,1-4H2. The van der Waals surface area contributed by atoms with Gasteiger partial charge in [0.15, 0.2) is 5.69 Å². The Morgan fingerprint density at radius 1 is 1.19 bits per heavy atom. The van der Waals surface area contributed by atoms with E-state index in [1.54, 1.807) is 6.07 Å². The maximum Gasteiger partial charge on any atom is 0.434 e. The topological polar surface area (TPSA) is 12.9 Å². The molecule has 0 N–H and O–H groups in total. The highest BCUT2D eigenvalue weighted by molar-refractivity contribution is 9.10. The number of hydrogen-bond donors (Lipinski definition) is 0. The van der Waals surface area contributed by atoms with Crippen LogP contribution in [0, 0.1) is 0 Å². The maximum absolute atomic E-state index is 12.6. The summed E-state index contributed by atoms with van der Waals surface area (Å²) in [5.41, 5.74) is -0.232. The molecule has 88 valence electrons. The van der Waals surface area contributed by atoms with E-state index in [1.807, 2.05) is 0 Å². The minimum Gasteiger partial charge on any atom is -0.247 e. The molecule has 1 heterocycles. The van der Waals surface area contributed by atoms with Crippen LogP contribution in [0.5, 0.6) is 0 Å². The Bertz CT molecular complexity index is 383. The second-order valence-electron chi connectivity index (χ2n) is 4.05. The molecule has 1 aliphatic rings. The largest absolute Gasteiger partial charge is 0.434 e. The predicted octanol–water partition coefficient (Wildman–Crippen LogP) is 4.52. The summed E-state index contributed by atoms with van der Waals surface area (Å²) in [4.78, 5) is 3.75. The third-order valence-corrected chi connectivity index (χ3v) is 3.55. The zero-order valence-electron chi connectivity index (χ0n) is 8.52. The summed E-state index contributed by atoms with van der Waals surface area (Å²) in [5, 5.41) is 0. The summed E-state index contributed by atoms with van der Waals surface area (Å²) < 4.78 is 37.9. The number of halogens is 4. The zero-order valence-corrected chi connectivity index (χ0v) is 10.1. The molecule has 1 aromatic rings. The SMILES string of the molecule is FC(F)(F)c1nc(C2CCCC2)ccc1Br. The van der Waals surface area contributed by atoms with E-state index < -0.39 is 11.9 Å². The van der Waals surface area contributed by atoms with Crippen LogP contribution in [0.15, 0.2) is 16.6 Å². The van der Waals surface area contributed by atoms with Gasteiger partial charge in [-0.3, -0.25) is 0 Å². The predicted molar refractivity (Wildman–Crippen MR) is 58.1 cm³/mol. The molecule has 16 heavy (non-hydrogen) atoms. The second kappa shape index (κ2) is 4.35. The lowest BCUT2D eigenvalue weighted by Gasteiger charge is -2.13. The molecular weight excluding hydrogens is 283 g/mol. The van der Waals surface area contributed by atoms with Crippen LogP contribution in [0.1, 0.15) is 43.0 Å². The molecule has 1 aliphatic carbocycles. The van der Waals surface area contributed by atoms with Crippen molar-refractivity contribution in [1.82, 2.24) is 4.98 Å². The lowest BCUT2D eigenvalue weighted by Crippen LogP contribution is -2.11. The minimum absolute atomic E-state index is 0.0155. The molecule has 0 bridgehead atoms. The van der Waals surface area contributed by atoms with Gasteiger partial charge in [-0.1, -0.05) is 12.8 Å². The van der Waals surface area contributed by atoms with Gasteiger partial charge in [-0.05, 0) is 40.9 Å². The van der Waals surface area contributed by atoms with Gasteiger partial charge in [0.1, 0.15) is 0 Å². The molecule has 0 unspecified atom stereocenters. The highest BCUT2D eigenvalue weighted by Crippen LogP contribution is 2.37. The molecule has 1 fully saturated rings. The molecule has 1 nitrogen and oxygen atoms in total. The molecule has 0 amide bonds. The molecule has 1 aromatic heterocycles. The number of rotatable bonds is 1. The number of hydrogen-bond acceptors (Lipinski definition) is 1. The van der Waals surface area contributed by atoms with Gasteiger partial charge in [0, 0.05) is 16.1 Å². The van der Waals surface area contributed by atoms with E-state index in [4.69, 9.17) is 0 Å². The molecule has 0 aromatic carbocycles. The number of aromatic nitrogens is 1. The van der Waals surface area contributed by atoms with Gasteiger partial charge >= 0.3 is 6.18 Å². The molecule has 2 rings (SSSR count). The highest BCUT2D eigenvalue weighted by Gasteiger charge is 2.35. The normalized spacial score (nSPS) is 18.0. The molecule has 0 radical (unpaired) electrons. The summed E-state index contributed by atoms with van der Waals surface area (Å²) >= 11 is 2.89. The van der Waals surface area contributed by atoms with Gasteiger partial charge in [-0.2, -0.15) is 13.2 Å². The van der Waals surface area contributed by atoms with Crippen molar-refractivity contribution in [2.24, 2.45) is 0 Å². The monoisotopic (exact) mass is 293 g/mol. The maximum atomic E-state index is 12.6. The Morgan fingerprint density at radius 2 is 1.81 bits per heavy atom. The van der Waals surface area contributed by atoms with Crippen molar-refractivity contribution in [2.75, 3.05) is 0 Å². The fourth-order valence-electron chi connectivity index (χ4n) is 2.10. The third-order valence-electron chi connectivity index (χ3n) is 2.91. The zero-order chi connectivity index (χ0) is 11.8. The first kappa shape index (κ1) is 11.9.